The van der Waals surface area contributed by atoms with Gasteiger partial charge >= 0.3 is 0 Å². The summed E-state index contributed by atoms with van der Waals surface area (Å²) < 4.78 is 13.6. The minimum atomic E-state index is -0.541. The number of piperazine rings is 1. The van der Waals surface area contributed by atoms with Crippen LogP contribution < -0.4 is 10.2 Å². The quantitative estimate of drug-likeness (QED) is 0.834. The predicted molar refractivity (Wildman–Crippen MR) is 84.5 cm³/mol. The molecule has 0 aromatic heterocycles. The molecule has 2 atom stereocenters. The molecule has 2 rings (SSSR count). The summed E-state index contributed by atoms with van der Waals surface area (Å²) in [6.45, 7) is 8.36. The third-order valence-corrected chi connectivity index (χ3v) is 4.58. The maximum Gasteiger partial charge on any atom is 0.160 e. The van der Waals surface area contributed by atoms with E-state index < -0.39 is 5.82 Å². The predicted octanol–water partition coefficient (Wildman–Crippen LogP) is 4.35. The second-order valence-corrected chi connectivity index (χ2v) is 6.51. The molecule has 1 N–H and O–H groups in total. The number of rotatable bonds is 3. The summed E-state index contributed by atoms with van der Waals surface area (Å²) >= 11 is 11.9. The van der Waals surface area contributed by atoms with E-state index in [-0.39, 0.29) is 10.0 Å². The topological polar surface area (TPSA) is 15.3 Å². The third-order valence-electron chi connectivity index (χ3n) is 4.03. The van der Waals surface area contributed by atoms with Crippen LogP contribution in [0.3, 0.4) is 0 Å². The number of nitrogens with one attached hydrogen (secondary N) is 1. The summed E-state index contributed by atoms with van der Waals surface area (Å²) in [5.74, 6) is 0.00220. The van der Waals surface area contributed by atoms with Gasteiger partial charge in [-0.3, -0.25) is 0 Å². The van der Waals surface area contributed by atoms with Crippen molar-refractivity contribution in [3.8, 4) is 0 Å². The molecular formula is C15H21Cl2FN2. The van der Waals surface area contributed by atoms with Crippen LogP contribution in [-0.4, -0.2) is 25.2 Å². The van der Waals surface area contributed by atoms with Crippen LogP contribution in [0.2, 0.25) is 10.0 Å². The second-order valence-electron chi connectivity index (χ2n) is 5.70. The van der Waals surface area contributed by atoms with E-state index in [2.05, 4.69) is 31.0 Å². The van der Waals surface area contributed by atoms with E-state index in [0.29, 0.717) is 18.0 Å². The van der Waals surface area contributed by atoms with E-state index >= 15 is 0 Å². The molecule has 1 aliphatic heterocycles. The zero-order chi connectivity index (χ0) is 14.9. The van der Waals surface area contributed by atoms with Gasteiger partial charge in [-0.15, -0.1) is 0 Å². The van der Waals surface area contributed by atoms with Crippen LogP contribution >= 0.6 is 23.2 Å². The van der Waals surface area contributed by atoms with Crippen LogP contribution in [0, 0.1) is 11.7 Å². The first-order chi connectivity index (χ1) is 9.43. The molecule has 20 heavy (non-hydrogen) atoms. The summed E-state index contributed by atoms with van der Waals surface area (Å²) in [4.78, 5) is 2.29. The molecule has 0 amide bonds. The maximum absolute atomic E-state index is 13.6. The van der Waals surface area contributed by atoms with E-state index in [1.165, 1.54) is 0 Å². The lowest BCUT2D eigenvalue weighted by atomic mass is 9.98. The summed E-state index contributed by atoms with van der Waals surface area (Å²) in [6.07, 6.45) is 1.02. The zero-order valence-electron chi connectivity index (χ0n) is 12.1. The maximum atomic E-state index is 13.6. The second kappa shape index (κ2) is 6.50. The van der Waals surface area contributed by atoms with Crippen molar-refractivity contribution < 1.29 is 4.39 Å². The minimum Gasteiger partial charge on any atom is -0.366 e. The van der Waals surface area contributed by atoms with Gasteiger partial charge < -0.3 is 10.2 Å². The lowest BCUT2D eigenvalue weighted by Gasteiger charge is -2.43. The highest BCUT2D eigenvalue weighted by atomic mass is 35.5. The Hall–Kier alpha value is -0.510. The molecule has 0 radical (unpaired) electrons. The highest BCUT2D eigenvalue weighted by Crippen LogP contribution is 2.32. The van der Waals surface area contributed by atoms with Gasteiger partial charge in [0.2, 0.25) is 0 Å². The summed E-state index contributed by atoms with van der Waals surface area (Å²) in [5.41, 5.74) is 0.903. The van der Waals surface area contributed by atoms with Gasteiger partial charge in [0.05, 0.1) is 10.0 Å². The number of anilines is 1. The van der Waals surface area contributed by atoms with Gasteiger partial charge in [0.15, 0.2) is 5.82 Å². The van der Waals surface area contributed by atoms with Crippen molar-refractivity contribution in [2.45, 2.75) is 39.3 Å². The molecule has 1 aromatic carbocycles. The van der Waals surface area contributed by atoms with E-state index in [0.717, 1.165) is 25.2 Å². The Labute approximate surface area is 130 Å². The molecule has 0 spiro atoms. The molecule has 1 aromatic rings. The fraction of sp³-hybridized carbons (Fsp3) is 0.600. The van der Waals surface area contributed by atoms with E-state index in [1.54, 1.807) is 12.1 Å². The molecular weight excluding hydrogens is 298 g/mol. The fourth-order valence-corrected chi connectivity index (χ4v) is 3.13. The average molecular weight is 319 g/mol. The van der Waals surface area contributed by atoms with E-state index in [1.807, 2.05) is 0 Å². The molecule has 1 heterocycles. The summed E-state index contributed by atoms with van der Waals surface area (Å²) in [6, 6.07) is 4.14. The van der Waals surface area contributed by atoms with Crippen LogP contribution in [-0.2, 0) is 0 Å². The standard InChI is InChI=1S/C15H21Cl2FN2/c1-4-10-7-19-14(9(2)3)8-20(10)11-5-12(16)15(18)13(17)6-11/h5-6,9-10,14,19H,4,7-8H2,1-3H3. The van der Waals surface area contributed by atoms with Crippen LogP contribution in [0.1, 0.15) is 27.2 Å². The van der Waals surface area contributed by atoms with Gasteiger partial charge in [-0.2, -0.15) is 0 Å². The first-order valence-electron chi connectivity index (χ1n) is 7.08. The Morgan fingerprint density at radius 2 is 1.95 bits per heavy atom. The molecule has 0 saturated carbocycles. The molecule has 1 aliphatic rings. The Balaban J connectivity index is 2.31. The molecule has 1 fully saturated rings. The molecule has 2 nitrogen and oxygen atoms in total. The van der Waals surface area contributed by atoms with Crippen molar-refractivity contribution in [2.24, 2.45) is 5.92 Å². The van der Waals surface area contributed by atoms with Crippen LogP contribution in [0.4, 0.5) is 10.1 Å². The fourth-order valence-electron chi connectivity index (χ4n) is 2.66. The molecule has 5 heteroatoms. The number of nitrogens with zero attached hydrogens (tertiary/aromatic N) is 1. The Morgan fingerprint density at radius 1 is 1.35 bits per heavy atom. The number of benzene rings is 1. The number of hydrogen-bond donors (Lipinski definition) is 1. The van der Waals surface area contributed by atoms with Crippen LogP contribution in [0.15, 0.2) is 12.1 Å². The van der Waals surface area contributed by atoms with Gasteiger partial charge in [-0.25, -0.2) is 4.39 Å². The average Bonchev–Trinajstić information content (AvgIpc) is 2.43. The van der Waals surface area contributed by atoms with Gasteiger partial charge in [0.25, 0.3) is 0 Å². The van der Waals surface area contributed by atoms with Crippen molar-refractivity contribution in [1.82, 2.24) is 5.32 Å². The lowest BCUT2D eigenvalue weighted by Crippen LogP contribution is -2.58. The van der Waals surface area contributed by atoms with Crippen molar-refractivity contribution in [1.29, 1.82) is 0 Å². The SMILES string of the molecule is CCC1CNC(C(C)C)CN1c1cc(Cl)c(F)c(Cl)c1. The smallest absolute Gasteiger partial charge is 0.160 e. The van der Waals surface area contributed by atoms with E-state index in [4.69, 9.17) is 23.2 Å². The molecule has 112 valence electrons. The van der Waals surface area contributed by atoms with Crippen LogP contribution in [0.5, 0.6) is 0 Å². The number of halogens is 3. The largest absolute Gasteiger partial charge is 0.366 e. The van der Waals surface area contributed by atoms with E-state index in [9.17, 15) is 4.39 Å². The first-order valence-corrected chi connectivity index (χ1v) is 7.84. The molecule has 0 aliphatic carbocycles. The van der Waals surface area contributed by atoms with Gasteiger partial charge in [0, 0.05) is 30.9 Å². The van der Waals surface area contributed by atoms with Crippen molar-refractivity contribution in [2.75, 3.05) is 18.0 Å². The van der Waals surface area contributed by atoms with Crippen molar-refractivity contribution in [3.63, 3.8) is 0 Å². The number of hydrogen-bond acceptors (Lipinski definition) is 2. The van der Waals surface area contributed by atoms with Gasteiger partial charge in [0.1, 0.15) is 0 Å². The highest BCUT2D eigenvalue weighted by Gasteiger charge is 2.29. The zero-order valence-corrected chi connectivity index (χ0v) is 13.6. The van der Waals surface area contributed by atoms with Gasteiger partial charge in [-0.1, -0.05) is 44.0 Å². The minimum absolute atomic E-state index is 0.0852. The summed E-state index contributed by atoms with van der Waals surface area (Å²) in [5, 5.41) is 3.75. The monoisotopic (exact) mass is 318 g/mol. The molecule has 0 bridgehead atoms. The highest BCUT2D eigenvalue weighted by molar-refractivity contribution is 6.35. The Bertz CT molecular complexity index is 456. The Morgan fingerprint density at radius 3 is 2.45 bits per heavy atom. The van der Waals surface area contributed by atoms with Crippen molar-refractivity contribution >= 4 is 28.9 Å². The normalized spacial score (nSPS) is 23.4. The third kappa shape index (κ3) is 3.21. The Kier molecular flexibility index (Phi) is 5.16. The summed E-state index contributed by atoms with van der Waals surface area (Å²) in [7, 11) is 0. The lowest BCUT2D eigenvalue weighted by molar-refractivity contribution is 0.325. The molecule has 2 unspecified atom stereocenters. The van der Waals surface area contributed by atoms with Crippen LogP contribution in [0.25, 0.3) is 0 Å². The van der Waals surface area contributed by atoms with Gasteiger partial charge in [-0.05, 0) is 24.5 Å². The molecule has 1 saturated heterocycles. The van der Waals surface area contributed by atoms with Crippen molar-refractivity contribution in [3.05, 3.63) is 28.0 Å². The first kappa shape index (κ1) is 15.9.